The summed E-state index contributed by atoms with van der Waals surface area (Å²) in [4.78, 5) is 11.7. The van der Waals surface area contributed by atoms with E-state index in [1.165, 1.54) is 6.92 Å². The minimum absolute atomic E-state index is 0.428. The van der Waals surface area contributed by atoms with Crippen LogP contribution in [0.2, 0.25) is 0 Å². The highest BCUT2D eigenvalue weighted by molar-refractivity contribution is 5.88. The zero-order valence-electron chi connectivity index (χ0n) is 12.6. The van der Waals surface area contributed by atoms with Crippen molar-refractivity contribution in [3.8, 4) is 11.5 Å². The van der Waals surface area contributed by atoms with Gasteiger partial charge in [0.25, 0.3) is 0 Å². The minimum Gasteiger partial charge on any atom is -0.475 e. The Bertz CT molecular complexity index is 824. The average Bonchev–Trinajstić information content (AvgIpc) is 2.56. The Labute approximate surface area is 133 Å². The molecule has 0 heterocycles. The van der Waals surface area contributed by atoms with Crippen LogP contribution in [-0.4, -0.2) is 16.9 Å². The second-order valence-corrected chi connectivity index (χ2v) is 5.25. The summed E-state index contributed by atoms with van der Waals surface area (Å²) in [7, 11) is 0. The molecule has 3 aromatic rings. The number of ether oxygens (including phenoxy) is 2. The van der Waals surface area contributed by atoms with Gasteiger partial charge in [-0.15, -0.1) is 0 Å². The minimum atomic E-state index is -1.83. The first-order valence-corrected chi connectivity index (χ1v) is 7.23. The Morgan fingerprint density at radius 1 is 0.870 bits per heavy atom. The Balaban J connectivity index is 1.97. The van der Waals surface area contributed by atoms with Crippen molar-refractivity contribution in [2.75, 3.05) is 0 Å². The fourth-order valence-corrected chi connectivity index (χ4v) is 2.32. The van der Waals surface area contributed by atoms with Gasteiger partial charge in [0.05, 0.1) is 0 Å². The van der Waals surface area contributed by atoms with Crippen LogP contribution in [0.1, 0.15) is 6.92 Å². The van der Waals surface area contributed by atoms with Crippen molar-refractivity contribution < 1.29 is 19.4 Å². The van der Waals surface area contributed by atoms with E-state index in [0.29, 0.717) is 11.5 Å². The lowest BCUT2D eigenvalue weighted by Gasteiger charge is -2.27. The molecule has 0 amide bonds. The predicted molar refractivity (Wildman–Crippen MR) is 87.7 cm³/mol. The van der Waals surface area contributed by atoms with E-state index in [2.05, 4.69) is 0 Å². The zero-order valence-corrected chi connectivity index (χ0v) is 12.6. The van der Waals surface area contributed by atoms with Crippen molar-refractivity contribution in [1.29, 1.82) is 0 Å². The van der Waals surface area contributed by atoms with Gasteiger partial charge in [-0.1, -0.05) is 54.6 Å². The van der Waals surface area contributed by atoms with Gasteiger partial charge < -0.3 is 14.6 Å². The molecule has 0 saturated heterocycles. The van der Waals surface area contributed by atoms with Crippen LogP contribution in [0.25, 0.3) is 10.8 Å². The van der Waals surface area contributed by atoms with Crippen molar-refractivity contribution in [2.24, 2.45) is 0 Å². The lowest BCUT2D eigenvalue weighted by Crippen LogP contribution is -2.47. The molecule has 0 spiro atoms. The number of fused-ring (bicyclic) bond motifs is 1. The van der Waals surface area contributed by atoms with Gasteiger partial charge in [0, 0.05) is 12.3 Å². The van der Waals surface area contributed by atoms with E-state index >= 15 is 0 Å². The third-order valence-electron chi connectivity index (χ3n) is 3.50. The van der Waals surface area contributed by atoms with Gasteiger partial charge in [-0.2, -0.15) is 0 Å². The number of hydrogen-bond acceptors (Lipinski definition) is 3. The highest BCUT2D eigenvalue weighted by atomic mass is 16.7. The van der Waals surface area contributed by atoms with Crippen LogP contribution >= 0.6 is 0 Å². The first-order valence-electron chi connectivity index (χ1n) is 7.23. The molecule has 4 heteroatoms. The Hall–Kier alpha value is -3.01. The molecule has 1 atom stereocenters. The quantitative estimate of drug-likeness (QED) is 0.721. The molecule has 0 aliphatic carbocycles. The molecule has 4 nitrogen and oxygen atoms in total. The maximum absolute atomic E-state index is 11.7. The molecule has 0 saturated carbocycles. The normalized spacial score (nSPS) is 13.3. The molecule has 0 aromatic heterocycles. The lowest BCUT2D eigenvalue weighted by molar-refractivity contribution is -0.180. The number of benzene rings is 3. The molecule has 23 heavy (non-hydrogen) atoms. The zero-order chi connectivity index (χ0) is 16.3. The summed E-state index contributed by atoms with van der Waals surface area (Å²) in [5.41, 5.74) is 0. The molecule has 0 aliphatic heterocycles. The summed E-state index contributed by atoms with van der Waals surface area (Å²) >= 11 is 0. The summed E-state index contributed by atoms with van der Waals surface area (Å²) in [6, 6.07) is 21.9. The standard InChI is InChI=1S/C19H16O4/c1-19(18(20)21,22-15-10-3-2-4-11-15)23-17-13-7-9-14-8-5-6-12-16(14)17/h2-13H,1H3,(H,20,21). The molecule has 116 valence electrons. The van der Waals surface area contributed by atoms with Crippen molar-refractivity contribution in [2.45, 2.75) is 12.7 Å². The van der Waals surface area contributed by atoms with Crippen molar-refractivity contribution >= 4 is 16.7 Å². The second-order valence-electron chi connectivity index (χ2n) is 5.25. The van der Waals surface area contributed by atoms with Gasteiger partial charge in [-0.3, -0.25) is 0 Å². The van der Waals surface area contributed by atoms with E-state index in [-0.39, 0.29) is 0 Å². The molecule has 0 aliphatic rings. The first-order chi connectivity index (χ1) is 11.1. The van der Waals surface area contributed by atoms with Gasteiger partial charge in [0.1, 0.15) is 11.5 Å². The Morgan fingerprint density at radius 2 is 1.52 bits per heavy atom. The van der Waals surface area contributed by atoms with Crippen LogP contribution in [-0.2, 0) is 4.79 Å². The Kier molecular flexibility index (Phi) is 3.89. The van der Waals surface area contributed by atoms with Crippen LogP contribution < -0.4 is 9.47 Å². The number of para-hydroxylation sites is 1. The van der Waals surface area contributed by atoms with Crippen LogP contribution in [0.4, 0.5) is 0 Å². The molecule has 3 aromatic carbocycles. The highest BCUT2D eigenvalue weighted by Gasteiger charge is 2.39. The van der Waals surface area contributed by atoms with Crippen LogP contribution in [0, 0.1) is 0 Å². The number of rotatable bonds is 5. The fraction of sp³-hybridized carbons (Fsp3) is 0.105. The highest BCUT2D eigenvalue weighted by Crippen LogP contribution is 2.30. The maximum Gasteiger partial charge on any atom is 0.390 e. The lowest BCUT2D eigenvalue weighted by atomic mass is 10.1. The van der Waals surface area contributed by atoms with Gasteiger partial charge in [-0.05, 0) is 23.6 Å². The number of carboxylic acids is 1. The SMILES string of the molecule is CC(Oc1ccccc1)(Oc1cccc2ccccc12)C(=O)O. The van der Waals surface area contributed by atoms with E-state index in [4.69, 9.17) is 9.47 Å². The van der Waals surface area contributed by atoms with E-state index in [9.17, 15) is 9.90 Å². The monoisotopic (exact) mass is 308 g/mol. The smallest absolute Gasteiger partial charge is 0.390 e. The number of carboxylic acid groups (broad SMARTS) is 1. The molecular weight excluding hydrogens is 292 g/mol. The summed E-state index contributed by atoms with van der Waals surface area (Å²) < 4.78 is 11.4. The molecule has 3 rings (SSSR count). The van der Waals surface area contributed by atoms with Gasteiger partial charge >= 0.3 is 11.8 Å². The molecule has 0 fully saturated rings. The van der Waals surface area contributed by atoms with Gasteiger partial charge in [0.2, 0.25) is 0 Å². The topological polar surface area (TPSA) is 55.8 Å². The second kappa shape index (κ2) is 6.01. The van der Waals surface area contributed by atoms with E-state index in [1.807, 2.05) is 42.5 Å². The fourth-order valence-electron chi connectivity index (χ4n) is 2.32. The number of aliphatic carboxylic acids is 1. The van der Waals surface area contributed by atoms with Crippen LogP contribution in [0.15, 0.2) is 72.8 Å². The first kappa shape index (κ1) is 14.9. The van der Waals surface area contributed by atoms with Crippen molar-refractivity contribution in [1.82, 2.24) is 0 Å². The largest absolute Gasteiger partial charge is 0.475 e. The molecular formula is C19H16O4. The third kappa shape index (κ3) is 3.11. The maximum atomic E-state index is 11.7. The van der Waals surface area contributed by atoms with Crippen LogP contribution in [0.5, 0.6) is 11.5 Å². The van der Waals surface area contributed by atoms with Crippen LogP contribution in [0.3, 0.4) is 0 Å². The molecule has 1 unspecified atom stereocenters. The van der Waals surface area contributed by atoms with E-state index < -0.39 is 11.8 Å². The van der Waals surface area contributed by atoms with E-state index in [1.54, 1.807) is 30.3 Å². The van der Waals surface area contributed by atoms with Crippen molar-refractivity contribution in [3.63, 3.8) is 0 Å². The molecule has 0 radical (unpaired) electrons. The van der Waals surface area contributed by atoms with Gasteiger partial charge in [0.15, 0.2) is 0 Å². The summed E-state index contributed by atoms with van der Waals surface area (Å²) in [5.74, 6) is -2.14. The van der Waals surface area contributed by atoms with Gasteiger partial charge in [-0.25, -0.2) is 4.79 Å². The van der Waals surface area contributed by atoms with E-state index in [0.717, 1.165) is 10.8 Å². The third-order valence-corrected chi connectivity index (χ3v) is 3.50. The predicted octanol–water partition coefficient (Wildman–Crippen LogP) is 4.10. The molecule has 0 bridgehead atoms. The summed E-state index contributed by atoms with van der Waals surface area (Å²) in [6.07, 6.45) is 0. The average molecular weight is 308 g/mol. The summed E-state index contributed by atoms with van der Waals surface area (Å²) in [5, 5.41) is 11.4. The molecule has 1 N–H and O–H groups in total. The summed E-state index contributed by atoms with van der Waals surface area (Å²) in [6.45, 7) is 1.39. The number of carbonyl (C=O) groups is 1. The van der Waals surface area contributed by atoms with Crippen molar-refractivity contribution in [3.05, 3.63) is 72.8 Å². The number of hydrogen-bond donors (Lipinski definition) is 1. The Morgan fingerprint density at radius 3 is 2.26 bits per heavy atom.